The highest BCUT2D eigenvalue weighted by atomic mass is 19.4. The summed E-state index contributed by atoms with van der Waals surface area (Å²) in [4.78, 5) is 18.4. The van der Waals surface area contributed by atoms with Crippen molar-refractivity contribution in [3.8, 4) is 17.1 Å². The number of benzene rings is 1. The Bertz CT molecular complexity index is 1040. The number of likely N-dealkylation sites (tertiary alicyclic amines) is 1. The van der Waals surface area contributed by atoms with Gasteiger partial charge in [0.05, 0.1) is 5.56 Å². The number of nitrogens with zero attached hydrogens (tertiary/aromatic N) is 3. The zero-order valence-corrected chi connectivity index (χ0v) is 21.9. The van der Waals surface area contributed by atoms with Crippen molar-refractivity contribution in [3.05, 3.63) is 29.7 Å². The van der Waals surface area contributed by atoms with Gasteiger partial charge < -0.3 is 14.0 Å². The average Bonchev–Trinajstić information content (AvgIpc) is 3.47. The van der Waals surface area contributed by atoms with Crippen molar-refractivity contribution in [1.29, 1.82) is 0 Å². The maximum absolute atomic E-state index is 13.9. The summed E-state index contributed by atoms with van der Waals surface area (Å²) in [6.07, 6.45) is 0.781. The first-order valence-corrected chi connectivity index (χ1v) is 12.9. The number of carbonyl (C=O) groups is 1. The van der Waals surface area contributed by atoms with Gasteiger partial charge in [-0.15, -0.1) is 0 Å². The molecule has 0 saturated carbocycles. The van der Waals surface area contributed by atoms with Crippen LogP contribution in [-0.4, -0.2) is 39.5 Å². The third-order valence-electron chi connectivity index (χ3n) is 6.02. The fourth-order valence-corrected chi connectivity index (χ4v) is 4.21. The largest absolute Gasteiger partial charge is 0.475 e. The molecule has 2 atom stereocenters. The van der Waals surface area contributed by atoms with Crippen molar-refractivity contribution in [2.45, 2.75) is 103 Å². The van der Waals surface area contributed by atoms with Gasteiger partial charge in [0.2, 0.25) is 11.7 Å². The first kappa shape index (κ1) is 28.7. The maximum Gasteiger partial charge on any atom is 0.419 e. The zero-order valence-electron chi connectivity index (χ0n) is 21.9. The summed E-state index contributed by atoms with van der Waals surface area (Å²) in [6.45, 7) is 7.88. The van der Waals surface area contributed by atoms with Gasteiger partial charge in [0.15, 0.2) is 0 Å². The van der Waals surface area contributed by atoms with Crippen molar-refractivity contribution >= 4 is 6.09 Å². The number of hydrogen-bond acceptors (Lipinski definition) is 7. The van der Waals surface area contributed by atoms with Gasteiger partial charge in [-0.1, -0.05) is 37.8 Å². The van der Waals surface area contributed by atoms with Crippen LogP contribution in [0.4, 0.5) is 18.0 Å². The summed E-state index contributed by atoms with van der Waals surface area (Å²) in [6, 6.07) is 3.09. The van der Waals surface area contributed by atoms with E-state index in [2.05, 4.69) is 17.1 Å². The van der Waals surface area contributed by atoms with Gasteiger partial charge in [-0.2, -0.15) is 18.2 Å². The van der Waals surface area contributed by atoms with Crippen molar-refractivity contribution in [2.75, 3.05) is 6.54 Å². The first-order chi connectivity index (χ1) is 17.4. The highest BCUT2D eigenvalue weighted by Gasteiger charge is 2.38. The van der Waals surface area contributed by atoms with Crippen LogP contribution in [0.15, 0.2) is 22.7 Å². The lowest BCUT2D eigenvalue weighted by Crippen LogP contribution is -2.36. The van der Waals surface area contributed by atoms with E-state index in [4.69, 9.17) is 19.7 Å². The number of unbranched alkanes of at least 4 members (excludes halogenated alkanes) is 4. The maximum atomic E-state index is 13.9. The second-order valence-corrected chi connectivity index (χ2v) is 10.4. The van der Waals surface area contributed by atoms with Crippen LogP contribution in [0.3, 0.4) is 0 Å². The molecule has 206 valence electrons. The van der Waals surface area contributed by atoms with E-state index in [0.29, 0.717) is 25.8 Å². The smallest absolute Gasteiger partial charge is 0.419 e. The number of alkyl halides is 3. The van der Waals surface area contributed by atoms with E-state index in [1.54, 1.807) is 20.8 Å². The molecule has 1 aliphatic heterocycles. The Balaban J connectivity index is 1.75. The number of rotatable bonds is 10. The van der Waals surface area contributed by atoms with Crippen molar-refractivity contribution in [3.63, 3.8) is 0 Å². The molecule has 1 aromatic heterocycles. The molecule has 2 N–H and O–H groups in total. The molecule has 8 nitrogen and oxygen atoms in total. The SMILES string of the molecule is CCCCCCCC(N)Oc1ccc(-c2noc([C@@H]3CCCN3C(=O)OC(C)(C)C)n2)cc1C(F)(F)F. The summed E-state index contributed by atoms with van der Waals surface area (Å²) in [5.41, 5.74) is 4.44. The normalized spacial score (nSPS) is 17.2. The third-order valence-corrected chi connectivity index (χ3v) is 6.02. The monoisotopic (exact) mass is 526 g/mol. The van der Waals surface area contributed by atoms with E-state index in [1.807, 2.05) is 0 Å². The Kier molecular flexibility index (Phi) is 9.44. The van der Waals surface area contributed by atoms with E-state index in [1.165, 1.54) is 17.0 Å². The van der Waals surface area contributed by atoms with E-state index >= 15 is 0 Å². The van der Waals surface area contributed by atoms with Crippen LogP contribution < -0.4 is 10.5 Å². The molecule has 2 heterocycles. The minimum atomic E-state index is -4.67. The van der Waals surface area contributed by atoms with Crippen LogP contribution in [-0.2, 0) is 10.9 Å². The van der Waals surface area contributed by atoms with Crippen LogP contribution in [0.25, 0.3) is 11.4 Å². The lowest BCUT2D eigenvalue weighted by Gasteiger charge is -2.26. The second kappa shape index (κ2) is 12.1. The fraction of sp³-hybridized carbons (Fsp3) is 0.654. The quantitative estimate of drug-likeness (QED) is 0.267. The van der Waals surface area contributed by atoms with Gasteiger partial charge in [0.1, 0.15) is 23.6 Å². The highest BCUT2D eigenvalue weighted by molar-refractivity contribution is 5.69. The summed E-state index contributed by atoms with van der Waals surface area (Å²) in [5.74, 6) is -0.200. The molecule has 11 heteroatoms. The molecule has 0 aliphatic carbocycles. The number of carbonyl (C=O) groups excluding carboxylic acids is 1. The second-order valence-electron chi connectivity index (χ2n) is 10.4. The van der Waals surface area contributed by atoms with Gasteiger partial charge in [0, 0.05) is 12.1 Å². The van der Waals surface area contributed by atoms with Gasteiger partial charge in [-0.3, -0.25) is 10.6 Å². The number of ether oxygens (including phenoxy) is 2. The van der Waals surface area contributed by atoms with E-state index in [-0.39, 0.29) is 23.0 Å². The van der Waals surface area contributed by atoms with Crippen molar-refractivity contribution in [2.24, 2.45) is 5.73 Å². The van der Waals surface area contributed by atoms with Crippen molar-refractivity contribution < 1.29 is 32.0 Å². The summed E-state index contributed by atoms with van der Waals surface area (Å²) >= 11 is 0. The summed E-state index contributed by atoms with van der Waals surface area (Å²) in [5, 5.41) is 3.88. The third kappa shape index (κ3) is 8.08. The first-order valence-electron chi connectivity index (χ1n) is 12.9. The minimum Gasteiger partial charge on any atom is -0.475 e. The van der Waals surface area contributed by atoms with Crippen LogP contribution >= 0.6 is 0 Å². The fourth-order valence-electron chi connectivity index (χ4n) is 4.21. The molecular formula is C26H37F3N4O4. The lowest BCUT2D eigenvalue weighted by molar-refractivity contribution is -0.139. The van der Waals surface area contributed by atoms with Gasteiger partial charge >= 0.3 is 12.3 Å². The number of halogens is 3. The number of hydrogen-bond donors (Lipinski definition) is 1. The van der Waals surface area contributed by atoms with Gasteiger partial charge in [-0.25, -0.2) is 4.79 Å². The molecule has 1 saturated heterocycles. The molecular weight excluding hydrogens is 489 g/mol. The van der Waals surface area contributed by atoms with Crippen LogP contribution in [0.2, 0.25) is 0 Å². The molecule has 1 amide bonds. The molecule has 1 aliphatic rings. The Labute approximate surface area is 215 Å². The standard InChI is InChI=1S/C26H37F3N4O4/c1-5-6-7-8-9-12-21(30)35-20-14-13-17(16-18(20)26(27,28)29)22-31-23(37-32-22)19-11-10-15-33(19)24(34)36-25(2,3)4/h13-14,16,19,21H,5-12,15,30H2,1-4H3/t19-,21?/m0/s1. The predicted molar refractivity (Wildman–Crippen MR) is 132 cm³/mol. The minimum absolute atomic E-state index is 0.0108. The zero-order chi connectivity index (χ0) is 27.2. The predicted octanol–water partition coefficient (Wildman–Crippen LogP) is 6.85. The van der Waals surface area contributed by atoms with Gasteiger partial charge in [-0.05, 0) is 64.7 Å². The topological polar surface area (TPSA) is 104 Å². The van der Waals surface area contributed by atoms with E-state index in [9.17, 15) is 18.0 Å². The van der Waals surface area contributed by atoms with E-state index in [0.717, 1.165) is 38.2 Å². The summed E-state index contributed by atoms with van der Waals surface area (Å²) in [7, 11) is 0. The summed E-state index contributed by atoms with van der Waals surface area (Å²) < 4.78 is 57.9. The van der Waals surface area contributed by atoms with Crippen molar-refractivity contribution in [1.82, 2.24) is 15.0 Å². The number of nitrogens with two attached hydrogens (primary N) is 1. The Morgan fingerprint density at radius 1 is 1.22 bits per heavy atom. The van der Waals surface area contributed by atoms with Crippen LogP contribution in [0.5, 0.6) is 5.75 Å². The molecule has 37 heavy (non-hydrogen) atoms. The Morgan fingerprint density at radius 3 is 2.62 bits per heavy atom. The van der Waals surface area contributed by atoms with E-state index < -0.39 is 35.7 Å². The molecule has 2 aromatic rings. The lowest BCUT2D eigenvalue weighted by atomic mass is 10.1. The molecule has 1 unspecified atom stereocenters. The molecule has 3 rings (SSSR count). The molecule has 0 radical (unpaired) electrons. The Morgan fingerprint density at radius 2 is 1.95 bits per heavy atom. The molecule has 1 fully saturated rings. The average molecular weight is 527 g/mol. The molecule has 0 bridgehead atoms. The van der Waals surface area contributed by atoms with Gasteiger partial charge in [0.25, 0.3) is 0 Å². The van der Waals surface area contributed by atoms with Crippen LogP contribution in [0.1, 0.15) is 96.6 Å². The number of amides is 1. The number of aromatic nitrogens is 2. The highest BCUT2D eigenvalue weighted by Crippen LogP contribution is 2.39. The molecule has 0 spiro atoms. The Hall–Kier alpha value is -2.82. The molecule has 1 aromatic carbocycles. The van der Waals surface area contributed by atoms with Crippen LogP contribution in [0, 0.1) is 0 Å².